The summed E-state index contributed by atoms with van der Waals surface area (Å²) in [6.45, 7) is 15.9. The molecule has 0 aliphatic heterocycles. The van der Waals surface area contributed by atoms with Crippen molar-refractivity contribution in [1.82, 2.24) is 4.90 Å². The van der Waals surface area contributed by atoms with Crippen molar-refractivity contribution < 1.29 is 0 Å². The fourth-order valence-corrected chi connectivity index (χ4v) is 3.21. The maximum atomic E-state index is 3.92. The summed E-state index contributed by atoms with van der Waals surface area (Å²) in [7, 11) is 0. The Bertz CT molecular complexity index is 272. The Kier molecular flexibility index (Phi) is 16.9. The summed E-state index contributed by atoms with van der Waals surface area (Å²) in [5.41, 5.74) is 0. The maximum absolute atomic E-state index is 3.92. The van der Waals surface area contributed by atoms with Crippen molar-refractivity contribution >= 4 is 0 Å². The van der Waals surface area contributed by atoms with E-state index in [9.17, 15) is 0 Å². The maximum Gasteiger partial charge on any atom is 0.0166 e. The van der Waals surface area contributed by atoms with Crippen LogP contribution in [0.2, 0.25) is 0 Å². The van der Waals surface area contributed by atoms with E-state index in [1.165, 1.54) is 70.6 Å². The molecule has 0 spiro atoms. The molecule has 0 aromatic rings. The van der Waals surface area contributed by atoms with Crippen molar-refractivity contribution in [1.29, 1.82) is 0 Å². The van der Waals surface area contributed by atoms with Crippen molar-refractivity contribution in [3.8, 4) is 0 Å². The first-order valence-electron chi connectivity index (χ1n) is 9.86. The van der Waals surface area contributed by atoms with E-state index in [1.807, 2.05) is 12.2 Å². The van der Waals surface area contributed by atoms with E-state index in [0.717, 1.165) is 19.5 Å². The number of hydrogen-bond donors (Lipinski definition) is 0. The third-order valence-electron chi connectivity index (χ3n) is 4.57. The van der Waals surface area contributed by atoms with Gasteiger partial charge >= 0.3 is 0 Å². The Labute approximate surface area is 146 Å². The zero-order valence-corrected chi connectivity index (χ0v) is 15.8. The zero-order valence-electron chi connectivity index (χ0n) is 15.8. The van der Waals surface area contributed by atoms with Crippen LogP contribution in [0.1, 0.15) is 84.0 Å². The molecule has 0 aromatic carbocycles. The van der Waals surface area contributed by atoms with Crippen molar-refractivity contribution in [3.05, 3.63) is 38.0 Å². The molecule has 0 aliphatic carbocycles. The van der Waals surface area contributed by atoms with Gasteiger partial charge in [0.1, 0.15) is 0 Å². The molecule has 0 bridgehead atoms. The molecule has 0 saturated heterocycles. The molecule has 0 saturated carbocycles. The van der Waals surface area contributed by atoms with Gasteiger partial charge < -0.3 is 0 Å². The Balaban J connectivity index is 3.76. The van der Waals surface area contributed by atoms with Crippen molar-refractivity contribution in [2.75, 3.05) is 13.1 Å². The molecule has 0 aliphatic rings. The average Bonchev–Trinajstić information content (AvgIpc) is 2.55. The Morgan fingerprint density at radius 1 is 0.696 bits per heavy atom. The van der Waals surface area contributed by atoms with E-state index in [2.05, 4.69) is 37.6 Å². The van der Waals surface area contributed by atoms with Crippen LogP contribution in [0, 0.1) is 0 Å². The monoisotopic (exact) mass is 319 g/mol. The molecular weight excluding hydrogens is 278 g/mol. The first-order valence-corrected chi connectivity index (χ1v) is 9.86. The SMILES string of the molecule is C=CCC(CCCCCCCCCCCC)N(CC=C)CC=C. The van der Waals surface area contributed by atoms with Crippen LogP contribution in [0.15, 0.2) is 38.0 Å². The number of hydrogen-bond acceptors (Lipinski definition) is 1. The molecule has 1 nitrogen and oxygen atoms in total. The van der Waals surface area contributed by atoms with Gasteiger partial charge in [0, 0.05) is 19.1 Å². The van der Waals surface area contributed by atoms with Crippen LogP contribution in [0.4, 0.5) is 0 Å². The van der Waals surface area contributed by atoms with Crippen LogP contribution in [-0.2, 0) is 0 Å². The van der Waals surface area contributed by atoms with Crippen LogP contribution in [0.3, 0.4) is 0 Å². The molecule has 1 heteroatoms. The topological polar surface area (TPSA) is 3.24 Å². The van der Waals surface area contributed by atoms with E-state index >= 15 is 0 Å². The molecule has 0 radical (unpaired) electrons. The quantitative estimate of drug-likeness (QED) is 0.196. The summed E-state index contributed by atoms with van der Waals surface area (Å²) in [5, 5.41) is 0. The standard InChI is InChI=1S/C22H41N/c1-5-9-10-11-12-13-14-15-16-17-19-22(18-6-2)23(20-7-3)21-8-4/h6-8,22H,2-5,9-21H2,1H3. The molecule has 0 N–H and O–H groups in total. The predicted octanol–water partition coefficient (Wildman–Crippen LogP) is 6.92. The summed E-state index contributed by atoms with van der Waals surface area (Å²) < 4.78 is 0. The van der Waals surface area contributed by atoms with E-state index in [0.29, 0.717) is 6.04 Å². The molecule has 1 atom stereocenters. The van der Waals surface area contributed by atoms with Crippen LogP contribution in [0.5, 0.6) is 0 Å². The molecule has 0 rings (SSSR count). The Hall–Kier alpha value is -0.820. The van der Waals surface area contributed by atoms with Gasteiger partial charge in [-0.1, -0.05) is 89.4 Å². The van der Waals surface area contributed by atoms with E-state index in [-0.39, 0.29) is 0 Å². The normalized spacial score (nSPS) is 12.3. The lowest BCUT2D eigenvalue weighted by molar-refractivity contribution is 0.224. The van der Waals surface area contributed by atoms with Gasteiger partial charge in [-0.15, -0.1) is 19.7 Å². The van der Waals surface area contributed by atoms with Gasteiger partial charge in [-0.3, -0.25) is 4.90 Å². The lowest BCUT2D eigenvalue weighted by Crippen LogP contribution is -2.35. The molecule has 1 unspecified atom stereocenters. The highest BCUT2D eigenvalue weighted by Gasteiger charge is 2.14. The lowest BCUT2D eigenvalue weighted by atomic mass is 10.0. The first kappa shape index (κ1) is 22.2. The average molecular weight is 320 g/mol. The second-order valence-corrected chi connectivity index (χ2v) is 6.68. The van der Waals surface area contributed by atoms with Crippen LogP contribution >= 0.6 is 0 Å². The summed E-state index contributed by atoms with van der Waals surface area (Å²) in [5.74, 6) is 0. The fraction of sp³-hybridized carbons (Fsp3) is 0.727. The van der Waals surface area contributed by atoms with E-state index in [4.69, 9.17) is 0 Å². The number of rotatable bonds is 18. The van der Waals surface area contributed by atoms with Crippen molar-refractivity contribution in [3.63, 3.8) is 0 Å². The van der Waals surface area contributed by atoms with Gasteiger partial charge in [-0.05, 0) is 12.8 Å². The van der Waals surface area contributed by atoms with Gasteiger partial charge in [0.25, 0.3) is 0 Å². The Morgan fingerprint density at radius 2 is 1.17 bits per heavy atom. The summed E-state index contributed by atoms with van der Waals surface area (Å²) in [6.07, 6.45) is 22.4. The molecule has 134 valence electrons. The third-order valence-corrected chi connectivity index (χ3v) is 4.57. The molecule has 23 heavy (non-hydrogen) atoms. The second kappa shape index (κ2) is 17.5. The molecule has 0 amide bonds. The van der Waals surface area contributed by atoms with Gasteiger partial charge in [0.2, 0.25) is 0 Å². The van der Waals surface area contributed by atoms with Gasteiger partial charge in [0.05, 0.1) is 0 Å². The highest BCUT2D eigenvalue weighted by Crippen LogP contribution is 2.16. The third kappa shape index (κ3) is 13.3. The first-order chi connectivity index (χ1) is 11.3. The number of unbranched alkanes of at least 4 members (excludes halogenated alkanes) is 9. The number of nitrogens with zero attached hydrogens (tertiary/aromatic N) is 1. The summed E-state index contributed by atoms with van der Waals surface area (Å²) in [6, 6.07) is 0.595. The molecule has 0 fully saturated rings. The lowest BCUT2D eigenvalue weighted by Gasteiger charge is -2.29. The Morgan fingerprint density at radius 3 is 1.61 bits per heavy atom. The summed E-state index contributed by atoms with van der Waals surface area (Å²) in [4.78, 5) is 2.47. The highest BCUT2D eigenvalue weighted by atomic mass is 15.1. The van der Waals surface area contributed by atoms with E-state index in [1.54, 1.807) is 0 Å². The van der Waals surface area contributed by atoms with Crippen LogP contribution in [0.25, 0.3) is 0 Å². The predicted molar refractivity (Wildman–Crippen MR) is 107 cm³/mol. The minimum atomic E-state index is 0.595. The van der Waals surface area contributed by atoms with Crippen LogP contribution < -0.4 is 0 Å². The minimum absolute atomic E-state index is 0.595. The molecule has 0 heterocycles. The van der Waals surface area contributed by atoms with Crippen LogP contribution in [-0.4, -0.2) is 24.0 Å². The summed E-state index contributed by atoms with van der Waals surface area (Å²) >= 11 is 0. The minimum Gasteiger partial charge on any atom is -0.293 e. The highest BCUT2D eigenvalue weighted by molar-refractivity contribution is 4.87. The van der Waals surface area contributed by atoms with Gasteiger partial charge in [-0.2, -0.15) is 0 Å². The van der Waals surface area contributed by atoms with Crippen molar-refractivity contribution in [2.45, 2.75) is 90.0 Å². The second-order valence-electron chi connectivity index (χ2n) is 6.68. The van der Waals surface area contributed by atoms with Gasteiger partial charge in [-0.25, -0.2) is 0 Å². The largest absolute Gasteiger partial charge is 0.293 e. The zero-order chi connectivity index (χ0) is 17.2. The molecular formula is C22H41N. The smallest absolute Gasteiger partial charge is 0.0166 e. The molecule has 0 aromatic heterocycles. The van der Waals surface area contributed by atoms with Gasteiger partial charge in [0.15, 0.2) is 0 Å². The fourth-order valence-electron chi connectivity index (χ4n) is 3.21. The van der Waals surface area contributed by atoms with E-state index < -0.39 is 0 Å². The van der Waals surface area contributed by atoms with Crippen molar-refractivity contribution in [2.24, 2.45) is 0 Å².